The predicted molar refractivity (Wildman–Crippen MR) is 89.3 cm³/mol. The van der Waals surface area contributed by atoms with Crippen molar-refractivity contribution in [2.75, 3.05) is 10.6 Å². The molecular weight excluding hydrogens is 302 g/mol. The van der Waals surface area contributed by atoms with Gasteiger partial charge in [-0.2, -0.15) is 0 Å². The summed E-state index contributed by atoms with van der Waals surface area (Å²) in [6.45, 7) is 0. The Morgan fingerprint density at radius 2 is 1.91 bits per heavy atom. The number of amides is 2. The molecule has 6 heteroatoms. The molecule has 1 aliphatic carbocycles. The number of anilines is 2. The molecule has 22 heavy (non-hydrogen) atoms. The number of benzene rings is 1. The third-order valence-corrected chi connectivity index (χ3v) is 4.46. The molecule has 0 spiro atoms. The van der Waals surface area contributed by atoms with Gasteiger partial charge in [-0.3, -0.25) is 9.59 Å². The lowest BCUT2D eigenvalue weighted by molar-refractivity contribution is -0.122. The van der Waals surface area contributed by atoms with Gasteiger partial charge in [0.2, 0.25) is 11.8 Å². The first kappa shape index (κ1) is 16.8. The molecule has 1 fully saturated rings. The Kier molecular flexibility index (Phi) is 5.08. The van der Waals surface area contributed by atoms with Crippen molar-refractivity contribution >= 4 is 35.6 Å². The van der Waals surface area contributed by atoms with Crippen LogP contribution in [0.25, 0.3) is 0 Å². The molecule has 0 saturated heterocycles. The predicted octanol–water partition coefficient (Wildman–Crippen LogP) is 2.59. The fraction of sp³-hybridized carbons (Fsp3) is 0.500. The Hall–Kier alpha value is -1.59. The van der Waals surface area contributed by atoms with Gasteiger partial charge in [-0.05, 0) is 37.0 Å². The average Bonchev–Trinajstić information content (AvgIpc) is 2.47. The first-order valence-electron chi connectivity index (χ1n) is 7.60. The molecule has 1 aromatic rings. The van der Waals surface area contributed by atoms with E-state index in [0.29, 0.717) is 12.1 Å². The molecule has 0 atom stereocenters. The molecule has 2 amide bonds. The van der Waals surface area contributed by atoms with Gasteiger partial charge in [-0.1, -0.05) is 25.3 Å². The van der Waals surface area contributed by atoms with E-state index >= 15 is 0 Å². The number of carbonyl (C=O) groups excluding carboxylic acids is 2. The first-order chi connectivity index (χ1) is 10.1. The first-order valence-corrected chi connectivity index (χ1v) is 7.60. The fourth-order valence-corrected chi connectivity index (χ4v) is 3.11. The highest BCUT2D eigenvalue weighted by atomic mass is 35.5. The lowest BCUT2D eigenvalue weighted by Crippen LogP contribution is -2.52. The molecule has 1 aliphatic heterocycles. The summed E-state index contributed by atoms with van der Waals surface area (Å²) < 4.78 is 0. The van der Waals surface area contributed by atoms with Crippen molar-refractivity contribution in [1.29, 1.82) is 0 Å². The molecule has 5 nitrogen and oxygen atoms in total. The fourth-order valence-electron chi connectivity index (χ4n) is 3.11. The van der Waals surface area contributed by atoms with Gasteiger partial charge in [0.25, 0.3) is 0 Å². The monoisotopic (exact) mass is 323 g/mol. The van der Waals surface area contributed by atoms with Crippen molar-refractivity contribution < 1.29 is 9.59 Å². The lowest BCUT2D eigenvalue weighted by Gasteiger charge is -2.32. The number of carbonyl (C=O) groups is 2. The van der Waals surface area contributed by atoms with Crippen LogP contribution in [0.1, 0.15) is 44.1 Å². The standard InChI is InChI=1S/C16H21N3O2.ClH/c17-16(8-2-1-3-9-16)15(21)18-12-6-4-11-5-7-14(20)19-13(11)10-12;/h4,6,10H,1-3,5,7-9,17H2,(H,18,21)(H,19,20);1H. The number of hydrogen-bond acceptors (Lipinski definition) is 3. The summed E-state index contributed by atoms with van der Waals surface area (Å²) in [7, 11) is 0. The van der Waals surface area contributed by atoms with Gasteiger partial charge in [0, 0.05) is 17.8 Å². The van der Waals surface area contributed by atoms with Crippen LogP contribution in [0.3, 0.4) is 0 Å². The van der Waals surface area contributed by atoms with E-state index in [1.165, 1.54) is 0 Å². The SMILES string of the molecule is Cl.NC1(C(=O)Nc2ccc3c(c2)NC(=O)CC3)CCCCC1. The Labute approximate surface area is 136 Å². The van der Waals surface area contributed by atoms with Crippen LogP contribution in [0.4, 0.5) is 11.4 Å². The number of nitrogens with one attached hydrogen (secondary N) is 2. The lowest BCUT2D eigenvalue weighted by atomic mass is 9.82. The van der Waals surface area contributed by atoms with Crippen molar-refractivity contribution in [3.05, 3.63) is 23.8 Å². The second kappa shape index (κ2) is 6.67. The molecule has 1 aromatic carbocycles. The largest absolute Gasteiger partial charge is 0.326 e. The second-order valence-corrected chi connectivity index (χ2v) is 6.09. The molecule has 120 valence electrons. The molecule has 0 radical (unpaired) electrons. The van der Waals surface area contributed by atoms with Crippen molar-refractivity contribution in [3.63, 3.8) is 0 Å². The highest BCUT2D eigenvalue weighted by Crippen LogP contribution is 2.29. The van der Waals surface area contributed by atoms with Crippen LogP contribution in [-0.4, -0.2) is 17.4 Å². The molecule has 2 aliphatic rings. The van der Waals surface area contributed by atoms with Gasteiger partial charge >= 0.3 is 0 Å². The van der Waals surface area contributed by atoms with Crippen LogP contribution < -0.4 is 16.4 Å². The highest BCUT2D eigenvalue weighted by molar-refractivity contribution is 5.99. The number of rotatable bonds is 2. The summed E-state index contributed by atoms with van der Waals surface area (Å²) in [6, 6.07) is 5.64. The number of halogens is 1. The summed E-state index contributed by atoms with van der Waals surface area (Å²) in [6.07, 6.45) is 5.90. The summed E-state index contributed by atoms with van der Waals surface area (Å²) in [5, 5.41) is 5.74. The van der Waals surface area contributed by atoms with Gasteiger partial charge in [0.15, 0.2) is 0 Å². The number of aryl methyl sites for hydroxylation is 1. The molecule has 0 aromatic heterocycles. The third kappa shape index (κ3) is 3.42. The third-order valence-electron chi connectivity index (χ3n) is 4.46. The Morgan fingerprint density at radius 3 is 2.64 bits per heavy atom. The van der Waals surface area contributed by atoms with Crippen molar-refractivity contribution in [2.24, 2.45) is 5.73 Å². The molecule has 4 N–H and O–H groups in total. The van der Waals surface area contributed by atoms with Crippen LogP contribution in [0.5, 0.6) is 0 Å². The van der Waals surface area contributed by atoms with E-state index in [4.69, 9.17) is 5.73 Å². The van der Waals surface area contributed by atoms with Crippen LogP contribution >= 0.6 is 12.4 Å². The van der Waals surface area contributed by atoms with Gasteiger partial charge in [0.1, 0.15) is 0 Å². The quantitative estimate of drug-likeness (QED) is 0.782. The van der Waals surface area contributed by atoms with Crippen LogP contribution in [-0.2, 0) is 16.0 Å². The van der Waals surface area contributed by atoms with Crippen molar-refractivity contribution in [1.82, 2.24) is 0 Å². The van der Waals surface area contributed by atoms with Crippen molar-refractivity contribution in [2.45, 2.75) is 50.5 Å². The average molecular weight is 324 g/mol. The topological polar surface area (TPSA) is 84.2 Å². The van der Waals surface area contributed by atoms with E-state index in [1.54, 1.807) is 0 Å². The van der Waals surface area contributed by atoms with Crippen LogP contribution in [0, 0.1) is 0 Å². The number of fused-ring (bicyclic) bond motifs is 1. The van der Waals surface area contributed by atoms with E-state index in [1.807, 2.05) is 18.2 Å². The minimum absolute atomic E-state index is 0. The van der Waals surface area contributed by atoms with Crippen molar-refractivity contribution in [3.8, 4) is 0 Å². The number of nitrogens with two attached hydrogens (primary N) is 1. The molecular formula is C16H22ClN3O2. The number of hydrogen-bond donors (Lipinski definition) is 3. The van der Waals surface area contributed by atoms with E-state index in [-0.39, 0.29) is 24.2 Å². The van der Waals surface area contributed by atoms with Gasteiger partial charge in [-0.25, -0.2) is 0 Å². The van der Waals surface area contributed by atoms with Gasteiger partial charge in [-0.15, -0.1) is 12.4 Å². The van der Waals surface area contributed by atoms with E-state index in [9.17, 15) is 9.59 Å². The Bertz CT molecular complexity index is 583. The van der Waals surface area contributed by atoms with Gasteiger partial charge < -0.3 is 16.4 Å². The van der Waals surface area contributed by atoms with Crippen LogP contribution in [0.15, 0.2) is 18.2 Å². The molecule has 3 rings (SSSR count). The molecule has 0 bridgehead atoms. The van der Waals surface area contributed by atoms with E-state index < -0.39 is 5.54 Å². The minimum atomic E-state index is -0.753. The summed E-state index contributed by atoms with van der Waals surface area (Å²) in [4.78, 5) is 23.8. The van der Waals surface area contributed by atoms with Crippen LogP contribution in [0.2, 0.25) is 0 Å². The van der Waals surface area contributed by atoms with E-state index in [2.05, 4.69) is 10.6 Å². The van der Waals surface area contributed by atoms with E-state index in [0.717, 1.165) is 49.8 Å². The Morgan fingerprint density at radius 1 is 1.18 bits per heavy atom. The molecule has 0 unspecified atom stereocenters. The summed E-state index contributed by atoms with van der Waals surface area (Å²) >= 11 is 0. The normalized spacial score (nSPS) is 19.4. The molecule has 1 heterocycles. The highest BCUT2D eigenvalue weighted by Gasteiger charge is 2.35. The zero-order chi connectivity index (χ0) is 14.9. The second-order valence-electron chi connectivity index (χ2n) is 6.09. The molecule has 1 saturated carbocycles. The summed E-state index contributed by atoms with van der Waals surface area (Å²) in [5.41, 5.74) is 8.06. The zero-order valence-corrected chi connectivity index (χ0v) is 13.3. The smallest absolute Gasteiger partial charge is 0.244 e. The van der Waals surface area contributed by atoms with Gasteiger partial charge in [0.05, 0.1) is 5.54 Å². The maximum absolute atomic E-state index is 12.4. The minimum Gasteiger partial charge on any atom is -0.326 e. The zero-order valence-electron chi connectivity index (χ0n) is 12.5. The maximum atomic E-state index is 12.4. The maximum Gasteiger partial charge on any atom is 0.244 e. The summed E-state index contributed by atoms with van der Waals surface area (Å²) in [5.74, 6) is -0.0992. The Balaban J connectivity index is 0.00000176.